The zero-order chi connectivity index (χ0) is 34.2. The lowest BCUT2D eigenvalue weighted by Crippen LogP contribution is -2.31. The van der Waals surface area contributed by atoms with Gasteiger partial charge in [-0.1, -0.05) is 72.6 Å². The number of ether oxygens (including phenoxy) is 2. The zero-order valence-corrected chi connectivity index (χ0v) is 28.1. The third-order valence-corrected chi connectivity index (χ3v) is 9.91. The van der Waals surface area contributed by atoms with Gasteiger partial charge in [0.2, 0.25) is 0 Å². The highest BCUT2D eigenvalue weighted by Crippen LogP contribution is 2.34. The Morgan fingerprint density at radius 1 is 0.755 bits per heavy atom. The first-order valence-corrected chi connectivity index (χ1v) is 17.4. The highest BCUT2D eigenvalue weighted by molar-refractivity contribution is 5.84. The van der Waals surface area contributed by atoms with Crippen LogP contribution < -0.4 is 14.5 Å². The second-order valence-corrected chi connectivity index (χ2v) is 13.5. The van der Waals surface area contributed by atoms with Crippen LogP contribution in [0.4, 0.5) is 0 Å². The predicted molar refractivity (Wildman–Crippen MR) is 191 cm³/mol. The number of benzene rings is 4. The molecule has 1 aliphatic carbocycles. The number of phenols is 2. The molecule has 3 unspecified atom stereocenters. The van der Waals surface area contributed by atoms with Crippen LogP contribution in [0.1, 0.15) is 60.8 Å². The van der Waals surface area contributed by atoms with Crippen molar-refractivity contribution >= 4 is 16.6 Å². The van der Waals surface area contributed by atoms with E-state index in [1.807, 2.05) is 36.4 Å². The van der Waals surface area contributed by atoms with E-state index in [1.54, 1.807) is 30.6 Å². The van der Waals surface area contributed by atoms with E-state index in [-0.39, 0.29) is 35.7 Å². The van der Waals surface area contributed by atoms with Gasteiger partial charge in [0.05, 0.1) is 19.3 Å². The maximum atomic E-state index is 14.2. The van der Waals surface area contributed by atoms with Crippen molar-refractivity contribution in [2.45, 2.75) is 76.4 Å². The molecule has 6 rings (SSSR count). The van der Waals surface area contributed by atoms with Crippen LogP contribution in [0.25, 0.3) is 10.8 Å². The number of phenolic OH excluding ortho intramolecular Hbond substituents is 2. The zero-order valence-electron chi connectivity index (χ0n) is 28.1. The normalized spacial score (nSPS) is 15.5. The molecule has 7 heteroatoms. The van der Waals surface area contributed by atoms with Gasteiger partial charge < -0.3 is 29.8 Å². The van der Waals surface area contributed by atoms with Gasteiger partial charge in [-0.25, -0.2) is 0 Å². The summed E-state index contributed by atoms with van der Waals surface area (Å²) < 4.78 is 11.6. The van der Waals surface area contributed by atoms with Crippen LogP contribution in [0.15, 0.2) is 97.3 Å². The van der Waals surface area contributed by atoms with Crippen molar-refractivity contribution in [3.63, 3.8) is 0 Å². The number of ketones is 1. The summed E-state index contributed by atoms with van der Waals surface area (Å²) in [5, 5.41) is 34.8. The first-order chi connectivity index (χ1) is 23.8. The van der Waals surface area contributed by atoms with E-state index in [2.05, 4.69) is 35.3 Å². The van der Waals surface area contributed by atoms with Crippen LogP contribution in [0.5, 0.6) is 23.0 Å². The molecule has 3 atom stereocenters. The topological polar surface area (TPSA) is 110 Å². The maximum absolute atomic E-state index is 14.2. The number of aliphatic hydroxyl groups is 1. The van der Waals surface area contributed by atoms with Crippen molar-refractivity contribution in [1.29, 1.82) is 0 Å². The molecule has 256 valence electrons. The monoisotopic (exact) mass is 660 g/mol. The number of hydrogen-bond donors (Lipinski definition) is 3. The molecule has 1 aliphatic rings. The van der Waals surface area contributed by atoms with E-state index in [0.717, 1.165) is 58.7 Å². The van der Waals surface area contributed by atoms with E-state index < -0.39 is 12.0 Å². The summed E-state index contributed by atoms with van der Waals surface area (Å²) in [6, 6.07) is 27.0. The molecule has 1 fully saturated rings. The lowest BCUT2D eigenvalue weighted by atomic mass is 9.82. The van der Waals surface area contributed by atoms with Crippen molar-refractivity contribution < 1.29 is 29.6 Å². The predicted octanol–water partition coefficient (Wildman–Crippen LogP) is 7.75. The van der Waals surface area contributed by atoms with Crippen LogP contribution in [-0.2, 0) is 30.5 Å². The Bertz CT molecular complexity index is 1830. The van der Waals surface area contributed by atoms with Crippen LogP contribution in [0.3, 0.4) is 0 Å². The Labute approximate surface area is 288 Å². The van der Waals surface area contributed by atoms with Crippen LogP contribution >= 0.6 is 0 Å². The SMILES string of the molecule is COc1cc(CC(Cc2ccc3ccccc3c2)C(=O)CC(O)C(Cc2cc[n-]c2)Cc2ccc(O)c(OC3CCCCC3)c2)ccc1O. The summed E-state index contributed by atoms with van der Waals surface area (Å²) in [5.41, 5.74) is 3.85. The molecule has 1 aromatic heterocycles. The molecule has 0 radical (unpaired) electrons. The summed E-state index contributed by atoms with van der Waals surface area (Å²) in [4.78, 5) is 18.4. The van der Waals surface area contributed by atoms with Gasteiger partial charge in [-0.15, -0.1) is 0 Å². The van der Waals surface area contributed by atoms with E-state index in [4.69, 9.17) is 9.47 Å². The minimum atomic E-state index is -0.910. The van der Waals surface area contributed by atoms with Crippen molar-refractivity contribution in [2.24, 2.45) is 11.8 Å². The minimum absolute atomic E-state index is 0.00418. The fourth-order valence-electron chi connectivity index (χ4n) is 7.16. The number of aromatic nitrogens is 1. The quantitative estimate of drug-likeness (QED) is 0.105. The average molecular weight is 661 g/mol. The van der Waals surface area contributed by atoms with E-state index in [0.29, 0.717) is 37.2 Å². The Morgan fingerprint density at radius 2 is 1.39 bits per heavy atom. The molecule has 7 nitrogen and oxygen atoms in total. The third-order valence-electron chi connectivity index (χ3n) is 9.91. The number of fused-ring (bicyclic) bond motifs is 1. The Hall–Kier alpha value is -4.75. The fourth-order valence-corrected chi connectivity index (χ4v) is 7.16. The summed E-state index contributed by atoms with van der Waals surface area (Å²) in [6.45, 7) is 0. The summed E-state index contributed by atoms with van der Waals surface area (Å²) >= 11 is 0. The first-order valence-electron chi connectivity index (χ1n) is 17.4. The summed E-state index contributed by atoms with van der Waals surface area (Å²) in [6.07, 6.45) is 10.2. The van der Waals surface area contributed by atoms with Crippen molar-refractivity contribution in [3.05, 3.63) is 120 Å². The van der Waals surface area contributed by atoms with E-state index in [1.165, 1.54) is 13.5 Å². The Balaban J connectivity index is 1.23. The first kappa shape index (κ1) is 34.1. The highest BCUT2D eigenvalue weighted by Gasteiger charge is 2.28. The number of rotatable bonds is 15. The third kappa shape index (κ3) is 9.04. The fraction of sp³-hybridized carbons (Fsp3) is 0.357. The van der Waals surface area contributed by atoms with Gasteiger partial charge in [0.1, 0.15) is 5.78 Å². The number of aromatic hydroxyl groups is 2. The van der Waals surface area contributed by atoms with Crippen LogP contribution in [0, 0.1) is 11.8 Å². The number of carbonyl (C=O) groups is 1. The molecule has 5 aromatic rings. The van der Waals surface area contributed by atoms with Gasteiger partial charge >= 0.3 is 0 Å². The maximum Gasteiger partial charge on any atom is 0.161 e. The number of nitrogens with zero attached hydrogens (tertiary/aromatic N) is 1. The molecule has 3 N–H and O–H groups in total. The van der Waals surface area contributed by atoms with Gasteiger partial charge in [0.15, 0.2) is 23.0 Å². The van der Waals surface area contributed by atoms with Gasteiger partial charge in [-0.05, 0) is 109 Å². The second kappa shape index (κ2) is 16.1. The molecule has 4 aromatic carbocycles. The molecular weight excluding hydrogens is 614 g/mol. The largest absolute Gasteiger partial charge is 0.670 e. The van der Waals surface area contributed by atoms with Crippen molar-refractivity contribution in [1.82, 2.24) is 4.98 Å². The number of methoxy groups -OCH3 is 1. The van der Waals surface area contributed by atoms with Gasteiger partial charge in [-0.3, -0.25) is 4.79 Å². The molecule has 49 heavy (non-hydrogen) atoms. The number of hydrogen-bond acceptors (Lipinski definition) is 6. The smallest absolute Gasteiger partial charge is 0.161 e. The standard InChI is InChI=1S/C42H46NO6/c1-48-41-24-29(12-15-37(41)44)21-34(20-28-11-14-32-7-5-6-8-33(32)19-28)39(46)26-40(47)35(23-31-17-18-43-27-31)22-30-13-16-38(45)42(25-30)49-36-9-3-2-4-10-36/h5-8,11-19,24-25,27,34-36,40,44-45,47H,2-4,9-10,20-23,26H2,1H3/q-1. The van der Waals surface area contributed by atoms with Crippen molar-refractivity contribution in [2.75, 3.05) is 7.11 Å². The molecule has 0 bridgehead atoms. The molecule has 1 saturated carbocycles. The second-order valence-electron chi connectivity index (χ2n) is 13.5. The van der Waals surface area contributed by atoms with Gasteiger partial charge in [0, 0.05) is 12.3 Å². The summed E-state index contributed by atoms with van der Waals surface area (Å²) in [5.74, 6) is 0.299. The van der Waals surface area contributed by atoms with Crippen molar-refractivity contribution in [3.8, 4) is 23.0 Å². The highest BCUT2D eigenvalue weighted by atomic mass is 16.5. The molecular formula is C42H46NO6-. The summed E-state index contributed by atoms with van der Waals surface area (Å²) in [7, 11) is 1.51. The van der Waals surface area contributed by atoms with E-state index in [9.17, 15) is 20.1 Å². The lowest BCUT2D eigenvalue weighted by Gasteiger charge is -2.26. The number of aliphatic hydroxyl groups excluding tert-OH is 1. The Kier molecular flexibility index (Phi) is 11.2. The molecule has 1 heterocycles. The lowest BCUT2D eigenvalue weighted by molar-refractivity contribution is -0.125. The molecule has 0 aliphatic heterocycles. The molecule has 0 saturated heterocycles. The molecule has 0 spiro atoms. The van der Waals surface area contributed by atoms with Crippen LogP contribution in [-0.4, -0.2) is 40.4 Å². The average Bonchev–Trinajstić information content (AvgIpc) is 3.63. The molecule has 0 amide bonds. The van der Waals surface area contributed by atoms with Gasteiger partial charge in [0.25, 0.3) is 0 Å². The number of carbonyl (C=O) groups excluding carboxylic acids is 1. The van der Waals surface area contributed by atoms with Crippen LogP contribution in [0.2, 0.25) is 0 Å². The number of Topliss-reactive ketones (excluding diaryl/α,β-unsaturated/α-hetero) is 1. The van der Waals surface area contributed by atoms with Gasteiger partial charge in [-0.2, -0.15) is 12.4 Å². The van der Waals surface area contributed by atoms with E-state index >= 15 is 0 Å². The Morgan fingerprint density at radius 3 is 2.10 bits per heavy atom. The minimum Gasteiger partial charge on any atom is -0.670 e.